The van der Waals surface area contributed by atoms with Gasteiger partial charge in [0.15, 0.2) is 0 Å². The van der Waals surface area contributed by atoms with Crippen LogP contribution in [0.15, 0.2) is 24.4 Å². The van der Waals surface area contributed by atoms with Crippen molar-refractivity contribution in [2.75, 3.05) is 18.5 Å². The number of hydrogen-bond acceptors (Lipinski definition) is 6. The molecule has 1 aliphatic carbocycles. The van der Waals surface area contributed by atoms with Crippen LogP contribution in [0, 0.1) is 0 Å². The molecule has 1 unspecified atom stereocenters. The first-order valence-corrected chi connectivity index (χ1v) is 7.98. The van der Waals surface area contributed by atoms with Crippen LogP contribution in [0.3, 0.4) is 0 Å². The van der Waals surface area contributed by atoms with Crippen LogP contribution in [0.4, 0.5) is 5.95 Å². The zero-order chi connectivity index (χ0) is 15.8. The van der Waals surface area contributed by atoms with E-state index in [1.54, 1.807) is 10.7 Å². The molecular weight excluding hydrogens is 296 g/mol. The maximum absolute atomic E-state index is 10.1. The maximum atomic E-state index is 10.1. The highest BCUT2D eigenvalue weighted by Gasteiger charge is 2.25. The van der Waals surface area contributed by atoms with Crippen molar-refractivity contribution in [3.05, 3.63) is 30.1 Å². The van der Waals surface area contributed by atoms with Gasteiger partial charge in [-0.05, 0) is 31.4 Å². The van der Waals surface area contributed by atoms with Crippen LogP contribution in [0.5, 0.6) is 0 Å². The summed E-state index contributed by atoms with van der Waals surface area (Å²) in [4.78, 5) is 4.32. The Labute approximate surface area is 133 Å². The van der Waals surface area contributed by atoms with Crippen LogP contribution in [-0.2, 0) is 4.74 Å². The minimum Gasteiger partial charge on any atom is -0.389 e. The van der Waals surface area contributed by atoms with E-state index in [-0.39, 0.29) is 6.04 Å². The minimum absolute atomic E-state index is 0.114. The number of allylic oxidation sites excluding steroid dienone is 1. The number of aromatic nitrogens is 3. The number of aliphatic hydroxyl groups is 2. The molecule has 3 atom stereocenters. The Bertz CT molecular complexity index is 742. The topological polar surface area (TPSA) is 91.9 Å². The normalized spacial score (nSPS) is 28.1. The van der Waals surface area contributed by atoms with Crippen molar-refractivity contribution in [1.82, 2.24) is 14.6 Å². The molecule has 3 heterocycles. The third-order valence-electron chi connectivity index (χ3n) is 4.50. The number of hydrogen-bond donors (Lipinski definition) is 3. The van der Waals surface area contributed by atoms with Crippen LogP contribution in [-0.4, -0.2) is 56.3 Å². The Hall–Kier alpha value is -1.96. The Kier molecular flexibility index (Phi) is 3.76. The second kappa shape index (κ2) is 5.92. The summed E-state index contributed by atoms with van der Waals surface area (Å²) >= 11 is 0. The molecule has 0 bridgehead atoms. The first-order valence-electron chi connectivity index (χ1n) is 7.98. The van der Waals surface area contributed by atoms with E-state index in [1.165, 1.54) is 0 Å². The summed E-state index contributed by atoms with van der Waals surface area (Å²) < 4.78 is 7.03. The molecule has 7 nitrogen and oxygen atoms in total. The van der Waals surface area contributed by atoms with Gasteiger partial charge in [0.25, 0.3) is 0 Å². The minimum atomic E-state index is -0.563. The molecule has 2 aromatic heterocycles. The van der Waals surface area contributed by atoms with E-state index in [1.807, 2.05) is 12.1 Å². The lowest BCUT2D eigenvalue weighted by Gasteiger charge is -2.28. The van der Waals surface area contributed by atoms with E-state index in [9.17, 15) is 10.2 Å². The van der Waals surface area contributed by atoms with E-state index in [2.05, 4.69) is 21.5 Å². The van der Waals surface area contributed by atoms with Crippen LogP contribution in [0.2, 0.25) is 0 Å². The van der Waals surface area contributed by atoms with Gasteiger partial charge in [0.1, 0.15) is 0 Å². The monoisotopic (exact) mass is 316 g/mol. The third-order valence-corrected chi connectivity index (χ3v) is 4.50. The van der Waals surface area contributed by atoms with Gasteiger partial charge in [0.05, 0.1) is 42.3 Å². The molecule has 0 radical (unpaired) electrons. The number of nitrogens with one attached hydrogen (secondary N) is 1. The Morgan fingerprint density at radius 1 is 1.26 bits per heavy atom. The molecule has 0 saturated carbocycles. The molecule has 2 aromatic rings. The number of rotatable bonds is 3. The van der Waals surface area contributed by atoms with Gasteiger partial charge in [-0.15, -0.1) is 5.10 Å². The molecule has 4 rings (SSSR count). The fourth-order valence-corrected chi connectivity index (χ4v) is 3.21. The predicted octanol–water partition coefficient (Wildman–Crippen LogP) is 0.829. The first-order chi connectivity index (χ1) is 11.2. The quantitative estimate of drug-likeness (QED) is 0.777. The van der Waals surface area contributed by atoms with Gasteiger partial charge in [-0.2, -0.15) is 0 Å². The highest BCUT2D eigenvalue weighted by molar-refractivity contribution is 5.71. The van der Waals surface area contributed by atoms with Crippen molar-refractivity contribution >= 4 is 17.0 Å². The molecule has 0 amide bonds. The number of fused-ring (bicyclic) bond motifs is 1. The van der Waals surface area contributed by atoms with Crippen molar-refractivity contribution < 1.29 is 14.9 Å². The SMILES string of the molecule is OC1CCC=C1c1ccc2cnc(N[C@@H]3CCOC[C@H]3O)nn12. The van der Waals surface area contributed by atoms with Gasteiger partial charge < -0.3 is 20.3 Å². The summed E-state index contributed by atoms with van der Waals surface area (Å²) in [6.45, 7) is 0.943. The van der Waals surface area contributed by atoms with Gasteiger partial charge in [-0.1, -0.05) is 6.08 Å². The van der Waals surface area contributed by atoms with E-state index >= 15 is 0 Å². The van der Waals surface area contributed by atoms with Gasteiger partial charge in [0.2, 0.25) is 5.95 Å². The third kappa shape index (κ3) is 2.71. The first kappa shape index (κ1) is 14.6. The summed E-state index contributed by atoms with van der Waals surface area (Å²) in [6.07, 6.45) is 5.16. The van der Waals surface area contributed by atoms with E-state index in [4.69, 9.17) is 4.74 Å². The van der Waals surface area contributed by atoms with Crippen molar-refractivity contribution in [2.45, 2.75) is 37.5 Å². The zero-order valence-electron chi connectivity index (χ0n) is 12.7. The fraction of sp³-hybridized carbons (Fsp3) is 0.500. The summed E-state index contributed by atoms with van der Waals surface area (Å²) in [6, 6.07) is 3.78. The maximum Gasteiger partial charge on any atom is 0.241 e. The number of anilines is 1. The van der Waals surface area contributed by atoms with Crippen molar-refractivity contribution in [3.8, 4) is 0 Å². The molecule has 1 aliphatic heterocycles. The fourth-order valence-electron chi connectivity index (χ4n) is 3.21. The van der Waals surface area contributed by atoms with E-state index in [0.717, 1.165) is 29.6 Å². The zero-order valence-corrected chi connectivity index (χ0v) is 12.7. The van der Waals surface area contributed by atoms with Gasteiger partial charge in [0, 0.05) is 12.2 Å². The van der Waals surface area contributed by atoms with Crippen LogP contribution in [0.25, 0.3) is 11.1 Å². The number of ether oxygens (including phenoxy) is 1. The molecule has 23 heavy (non-hydrogen) atoms. The molecular formula is C16H20N4O3. The van der Waals surface area contributed by atoms with Crippen LogP contribution in [0.1, 0.15) is 25.0 Å². The number of nitrogens with zero attached hydrogens (tertiary/aromatic N) is 3. The molecule has 2 aliphatic rings. The molecule has 0 aromatic carbocycles. The van der Waals surface area contributed by atoms with Crippen LogP contribution >= 0.6 is 0 Å². The lowest BCUT2D eigenvalue weighted by molar-refractivity contribution is -0.0136. The molecule has 0 spiro atoms. The lowest BCUT2D eigenvalue weighted by Crippen LogP contribution is -2.42. The van der Waals surface area contributed by atoms with Crippen molar-refractivity contribution in [3.63, 3.8) is 0 Å². The largest absolute Gasteiger partial charge is 0.389 e. The summed E-state index contributed by atoms with van der Waals surface area (Å²) in [5.74, 6) is 0.467. The number of aliphatic hydroxyl groups excluding tert-OH is 2. The molecule has 3 N–H and O–H groups in total. The van der Waals surface area contributed by atoms with Crippen molar-refractivity contribution in [1.29, 1.82) is 0 Å². The highest BCUT2D eigenvalue weighted by Crippen LogP contribution is 2.29. The molecule has 7 heteroatoms. The standard InChI is InChI=1S/C16H20N4O3/c21-14-3-1-2-11(14)13-5-4-10-8-17-16(19-20(10)13)18-12-6-7-23-9-15(12)22/h2,4-5,8,12,14-15,21-22H,1,3,6-7,9H2,(H,18,19)/t12-,14?,15-/m1/s1. The summed E-state index contributed by atoms with van der Waals surface area (Å²) in [5, 5.41) is 27.8. The molecule has 122 valence electrons. The molecule has 1 saturated heterocycles. The average molecular weight is 316 g/mol. The van der Waals surface area contributed by atoms with E-state index < -0.39 is 12.2 Å². The van der Waals surface area contributed by atoms with Crippen molar-refractivity contribution in [2.24, 2.45) is 0 Å². The molecule has 1 fully saturated rings. The Morgan fingerprint density at radius 3 is 2.96 bits per heavy atom. The van der Waals surface area contributed by atoms with Gasteiger partial charge in [-0.3, -0.25) is 0 Å². The van der Waals surface area contributed by atoms with Gasteiger partial charge >= 0.3 is 0 Å². The highest BCUT2D eigenvalue weighted by atomic mass is 16.5. The van der Waals surface area contributed by atoms with Gasteiger partial charge in [-0.25, -0.2) is 9.50 Å². The summed E-state index contributed by atoms with van der Waals surface area (Å²) in [5.41, 5.74) is 2.68. The second-order valence-corrected chi connectivity index (χ2v) is 6.07. The van der Waals surface area contributed by atoms with E-state index in [0.29, 0.717) is 25.6 Å². The Morgan fingerprint density at radius 2 is 2.17 bits per heavy atom. The summed E-state index contributed by atoms with van der Waals surface area (Å²) in [7, 11) is 0. The predicted molar refractivity (Wildman–Crippen MR) is 85.1 cm³/mol. The average Bonchev–Trinajstić information content (AvgIpc) is 3.15. The lowest BCUT2D eigenvalue weighted by atomic mass is 10.1. The second-order valence-electron chi connectivity index (χ2n) is 6.07. The Balaban J connectivity index is 1.64. The van der Waals surface area contributed by atoms with Crippen LogP contribution < -0.4 is 5.32 Å². The smallest absolute Gasteiger partial charge is 0.241 e.